The number of aryl methyl sites for hydroxylation is 1. The number of benzene rings is 1. The van der Waals surface area contributed by atoms with Crippen LogP contribution in [0.5, 0.6) is 5.75 Å². The largest absolute Gasteiger partial charge is 0.488 e. The number of hydrogen-bond acceptors (Lipinski definition) is 3. The maximum absolute atomic E-state index is 11.9. The Balaban J connectivity index is 1.78. The summed E-state index contributed by atoms with van der Waals surface area (Å²) in [5, 5.41) is 0. The summed E-state index contributed by atoms with van der Waals surface area (Å²) in [6, 6.07) is 4.15. The molecule has 1 aromatic carbocycles. The smallest absolute Gasteiger partial charge is 0.223 e. The Bertz CT molecular complexity index is 657. The summed E-state index contributed by atoms with van der Waals surface area (Å²) in [6.45, 7) is 5.17. The molecule has 2 aliphatic heterocycles. The predicted octanol–water partition coefficient (Wildman–Crippen LogP) is 3.78. The van der Waals surface area contributed by atoms with Gasteiger partial charge in [0.1, 0.15) is 12.4 Å². The van der Waals surface area contributed by atoms with Gasteiger partial charge in [0.25, 0.3) is 0 Å². The molecule has 0 fully saturated rings. The predicted molar refractivity (Wildman–Crippen MR) is 101 cm³/mol. The normalized spacial score (nSPS) is 18.6. The molecule has 0 aliphatic carbocycles. The summed E-state index contributed by atoms with van der Waals surface area (Å²) in [5.41, 5.74) is 3.59. The van der Waals surface area contributed by atoms with Gasteiger partial charge < -0.3 is 14.5 Å². The van der Waals surface area contributed by atoms with Crippen LogP contribution in [0.4, 0.5) is 5.69 Å². The monoisotopic (exact) mass is 392 g/mol. The second-order valence-corrected chi connectivity index (χ2v) is 7.56. The highest BCUT2D eigenvalue weighted by molar-refractivity contribution is 9.10. The van der Waals surface area contributed by atoms with Crippen molar-refractivity contribution in [2.24, 2.45) is 0 Å². The van der Waals surface area contributed by atoms with Crippen molar-refractivity contribution in [2.45, 2.75) is 32.6 Å². The second-order valence-electron chi connectivity index (χ2n) is 6.70. The van der Waals surface area contributed by atoms with E-state index in [4.69, 9.17) is 4.74 Å². The lowest BCUT2D eigenvalue weighted by Gasteiger charge is -2.24. The van der Waals surface area contributed by atoms with E-state index in [1.54, 1.807) is 6.92 Å². The molecule has 1 aromatic rings. The van der Waals surface area contributed by atoms with Gasteiger partial charge in [-0.2, -0.15) is 0 Å². The summed E-state index contributed by atoms with van der Waals surface area (Å²) >= 11 is 3.62. The average molecular weight is 393 g/mol. The van der Waals surface area contributed by atoms with Gasteiger partial charge in [0, 0.05) is 32.2 Å². The molecular weight excluding hydrogens is 368 g/mol. The van der Waals surface area contributed by atoms with Crippen molar-refractivity contribution in [1.82, 2.24) is 4.90 Å². The van der Waals surface area contributed by atoms with Gasteiger partial charge in [0.15, 0.2) is 0 Å². The van der Waals surface area contributed by atoms with Crippen LogP contribution in [-0.4, -0.2) is 44.1 Å². The molecule has 1 amide bonds. The minimum Gasteiger partial charge on any atom is -0.488 e. The number of ether oxygens (including phenoxy) is 1. The maximum atomic E-state index is 11.9. The van der Waals surface area contributed by atoms with Crippen molar-refractivity contribution >= 4 is 27.5 Å². The third-order valence-corrected chi connectivity index (χ3v) is 5.42. The molecule has 0 saturated carbocycles. The Morgan fingerprint density at radius 3 is 2.79 bits per heavy atom. The fourth-order valence-electron chi connectivity index (χ4n) is 3.29. The summed E-state index contributed by atoms with van der Waals surface area (Å²) in [6.07, 6.45) is 6.48. The molecule has 0 radical (unpaired) electrons. The summed E-state index contributed by atoms with van der Waals surface area (Å²) in [4.78, 5) is 16.1. The van der Waals surface area contributed by atoms with Crippen molar-refractivity contribution in [2.75, 3.05) is 38.2 Å². The molecule has 0 bridgehead atoms. The zero-order valence-corrected chi connectivity index (χ0v) is 16.1. The molecule has 5 heteroatoms. The maximum Gasteiger partial charge on any atom is 0.223 e. The van der Waals surface area contributed by atoms with Crippen molar-refractivity contribution in [3.05, 3.63) is 33.8 Å². The molecule has 130 valence electrons. The molecule has 3 rings (SSSR count). The van der Waals surface area contributed by atoms with E-state index in [9.17, 15) is 4.79 Å². The number of likely N-dealkylation sites (N-methyl/N-ethyl adjacent to an activating group) is 1. The first-order valence-electron chi connectivity index (χ1n) is 8.64. The molecular formula is C19H25BrN2O2. The van der Waals surface area contributed by atoms with Crippen LogP contribution in [0.15, 0.2) is 28.3 Å². The quantitative estimate of drug-likeness (QED) is 0.733. The fraction of sp³-hybridized carbons (Fsp3) is 0.526. The highest BCUT2D eigenvalue weighted by atomic mass is 79.9. The first-order valence-corrected chi connectivity index (χ1v) is 9.43. The summed E-state index contributed by atoms with van der Waals surface area (Å²) < 4.78 is 7.00. The third kappa shape index (κ3) is 4.01. The molecule has 0 unspecified atom stereocenters. The molecule has 0 N–H and O–H groups in total. The van der Waals surface area contributed by atoms with Crippen molar-refractivity contribution in [3.63, 3.8) is 0 Å². The molecule has 0 saturated heterocycles. The first kappa shape index (κ1) is 17.5. The highest BCUT2D eigenvalue weighted by Gasteiger charge is 2.21. The zero-order chi connectivity index (χ0) is 17.1. The minimum atomic E-state index is 0.107. The number of nitrogens with zero attached hydrogens (tertiary/aromatic N) is 2. The Morgan fingerprint density at radius 2 is 2.08 bits per heavy atom. The standard InChI is InChI=1S/C19H25BrN2O2/c1-14(23)22-8-4-3-5-16-11-19(17(20)12-18(16)22)24-13-15-6-9-21(2)10-7-15/h6,11-12H,3-5,7-10,13H2,1-2H3. The molecule has 0 atom stereocenters. The average Bonchev–Trinajstić information content (AvgIpc) is 2.76. The van der Waals surface area contributed by atoms with Crippen LogP contribution in [0.1, 0.15) is 31.7 Å². The van der Waals surface area contributed by atoms with Crippen molar-refractivity contribution in [3.8, 4) is 5.75 Å². The van der Waals surface area contributed by atoms with Crippen LogP contribution in [0, 0.1) is 0 Å². The minimum absolute atomic E-state index is 0.107. The Labute approximate surface area is 152 Å². The van der Waals surface area contributed by atoms with E-state index in [-0.39, 0.29) is 5.91 Å². The van der Waals surface area contributed by atoms with Gasteiger partial charge in [-0.3, -0.25) is 4.79 Å². The lowest BCUT2D eigenvalue weighted by atomic mass is 10.1. The van der Waals surface area contributed by atoms with Gasteiger partial charge in [-0.05, 0) is 71.9 Å². The van der Waals surface area contributed by atoms with Crippen LogP contribution in [0.25, 0.3) is 0 Å². The Kier molecular flexibility index (Phi) is 5.61. The Hall–Kier alpha value is -1.33. The van der Waals surface area contributed by atoms with Gasteiger partial charge in [-0.15, -0.1) is 0 Å². The fourth-order valence-corrected chi connectivity index (χ4v) is 3.74. The summed E-state index contributed by atoms with van der Waals surface area (Å²) in [5.74, 6) is 0.981. The molecule has 0 spiro atoms. The number of halogens is 1. The summed E-state index contributed by atoms with van der Waals surface area (Å²) in [7, 11) is 2.14. The molecule has 2 heterocycles. The number of hydrogen-bond donors (Lipinski definition) is 0. The van der Waals surface area contributed by atoms with Crippen LogP contribution in [0.2, 0.25) is 0 Å². The molecule has 4 nitrogen and oxygen atoms in total. The number of anilines is 1. The van der Waals surface area contributed by atoms with Gasteiger partial charge in [-0.25, -0.2) is 0 Å². The van der Waals surface area contributed by atoms with Gasteiger partial charge in [0.2, 0.25) is 5.91 Å². The van der Waals surface area contributed by atoms with E-state index >= 15 is 0 Å². The Morgan fingerprint density at radius 1 is 1.25 bits per heavy atom. The van der Waals surface area contributed by atoms with E-state index < -0.39 is 0 Å². The van der Waals surface area contributed by atoms with Gasteiger partial charge in [-0.1, -0.05) is 6.08 Å². The van der Waals surface area contributed by atoms with Gasteiger partial charge >= 0.3 is 0 Å². The SMILES string of the molecule is CC(=O)N1CCCCc2cc(OCC3=CCN(C)CC3)c(Br)cc21. The number of fused-ring (bicyclic) bond motifs is 1. The molecule has 24 heavy (non-hydrogen) atoms. The van der Waals surface area contributed by atoms with Crippen LogP contribution in [-0.2, 0) is 11.2 Å². The number of amides is 1. The van der Waals surface area contributed by atoms with Crippen molar-refractivity contribution < 1.29 is 9.53 Å². The number of carbonyl (C=O) groups is 1. The first-order chi connectivity index (χ1) is 11.5. The lowest BCUT2D eigenvalue weighted by molar-refractivity contribution is -0.116. The van der Waals surface area contributed by atoms with Crippen molar-refractivity contribution in [1.29, 1.82) is 0 Å². The van der Waals surface area contributed by atoms with Gasteiger partial charge in [0.05, 0.1) is 4.47 Å². The van der Waals surface area contributed by atoms with E-state index in [1.165, 1.54) is 11.1 Å². The zero-order valence-electron chi connectivity index (χ0n) is 14.5. The molecule has 0 aromatic heterocycles. The molecule has 2 aliphatic rings. The topological polar surface area (TPSA) is 32.8 Å². The number of carbonyl (C=O) groups excluding carboxylic acids is 1. The van der Waals surface area contributed by atoms with E-state index in [0.717, 1.165) is 61.2 Å². The van der Waals surface area contributed by atoms with Crippen LogP contribution >= 0.6 is 15.9 Å². The lowest BCUT2D eigenvalue weighted by Crippen LogP contribution is -2.29. The van der Waals surface area contributed by atoms with Crippen LogP contribution in [0.3, 0.4) is 0 Å². The number of rotatable bonds is 3. The highest BCUT2D eigenvalue weighted by Crippen LogP contribution is 2.36. The second kappa shape index (κ2) is 7.70. The van der Waals surface area contributed by atoms with Crippen LogP contribution < -0.4 is 9.64 Å². The van der Waals surface area contributed by atoms with E-state index in [0.29, 0.717) is 6.61 Å². The van der Waals surface area contributed by atoms with E-state index in [2.05, 4.69) is 40.0 Å². The van der Waals surface area contributed by atoms with E-state index in [1.807, 2.05) is 11.0 Å². The third-order valence-electron chi connectivity index (χ3n) is 4.80.